The predicted octanol–water partition coefficient (Wildman–Crippen LogP) is 10.5. The van der Waals surface area contributed by atoms with Crippen molar-refractivity contribution in [3.63, 3.8) is 0 Å². The van der Waals surface area contributed by atoms with E-state index in [-0.39, 0.29) is 0 Å². The Labute approximate surface area is 178 Å². The van der Waals surface area contributed by atoms with Crippen LogP contribution in [0, 0.1) is 0 Å². The summed E-state index contributed by atoms with van der Waals surface area (Å²) in [5.41, 5.74) is 1.55. The first-order valence-electron chi connectivity index (χ1n) is 12.9. The van der Waals surface area contributed by atoms with Gasteiger partial charge in [-0.15, -0.1) is 0 Å². The van der Waals surface area contributed by atoms with Crippen molar-refractivity contribution in [2.75, 3.05) is 0 Å². The van der Waals surface area contributed by atoms with Crippen molar-refractivity contribution >= 4 is 0 Å². The molecule has 0 nitrogen and oxygen atoms in total. The zero-order chi connectivity index (χ0) is 20.7. The van der Waals surface area contributed by atoms with Crippen molar-refractivity contribution < 1.29 is 0 Å². The van der Waals surface area contributed by atoms with Crippen molar-refractivity contribution in [1.82, 2.24) is 0 Å². The largest absolute Gasteiger partial charge is 0.0683 e. The highest BCUT2D eigenvalue weighted by Gasteiger charge is 2.14. The van der Waals surface area contributed by atoms with Gasteiger partial charge < -0.3 is 0 Å². The summed E-state index contributed by atoms with van der Waals surface area (Å²) >= 11 is 0. The second-order valence-electron chi connectivity index (χ2n) is 8.28. The fourth-order valence-corrected chi connectivity index (χ4v) is 4.08. The minimum absolute atomic E-state index is 0.861. The van der Waals surface area contributed by atoms with E-state index < -0.39 is 0 Å². The lowest BCUT2D eigenvalue weighted by Gasteiger charge is -2.21. The third kappa shape index (κ3) is 16.2. The molecule has 28 heavy (non-hydrogen) atoms. The molecule has 164 valence electrons. The molecule has 0 heterocycles. The van der Waals surface area contributed by atoms with Crippen LogP contribution in [0.3, 0.4) is 0 Å². The number of hydrogen-bond donors (Lipinski definition) is 0. The van der Waals surface area contributed by atoms with E-state index in [0.29, 0.717) is 0 Å². The molecular formula is C28H52. The van der Waals surface area contributed by atoms with Gasteiger partial charge in [0.1, 0.15) is 0 Å². The molecule has 1 aromatic carbocycles. The van der Waals surface area contributed by atoms with E-state index in [0.717, 1.165) is 5.92 Å². The van der Waals surface area contributed by atoms with Crippen LogP contribution in [0.1, 0.15) is 148 Å². The van der Waals surface area contributed by atoms with Crippen molar-refractivity contribution in [3.05, 3.63) is 35.9 Å². The maximum absolute atomic E-state index is 2.29. The van der Waals surface area contributed by atoms with Crippen LogP contribution < -0.4 is 0 Å². The molecular weight excluding hydrogens is 336 g/mol. The minimum atomic E-state index is 0.861. The fraction of sp³-hybridized carbons (Fsp3) is 0.786. The standard InChI is InChI=1S/C14H30.C12H16.C2H6/c1-3-5-7-9-11-13-14-12-10-8-6-4-2;1-3-7-11(8-4-1)12-9-5-2-6-10-12;1-2/h3-14H2,1-2H3;1,3-4,7-8,12H,2,5-6,9-10H2;1-2H3. The van der Waals surface area contributed by atoms with Crippen LogP contribution in [-0.2, 0) is 0 Å². The van der Waals surface area contributed by atoms with Crippen molar-refractivity contribution in [1.29, 1.82) is 0 Å². The summed E-state index contributed by atoms with van der Waals surface area (Å²) < 4.78 is 0. The Morgan fingerprint density at radius 3 is 1.36 bits per heavy atom. The van der Waals surface area contributed by atoms with E-state index in [1.165, 1.54) is 109 Å². The summed E-state index contributed by atoms with van der Waals surface area (Å²) in [6.45, 7) is 8.57. The van der Waals surface area contributed by atoms with Gasteiger partial charge in [-0.05, 0) is 24.3 Å². The molecule has 0 N–H and O–H groups in total. The van der Waals surface area contributed by atoms with Gasteiger partial charge in [0, 0.05) is 0 Å². The molecule has 0 unspecified atom stereocenters. The molecule has 1 aromatic rings. The van der Waals surface area contributed by atoms with Gasteiger partial charge in [0.2, 0.25) is 0 Å². The van der Waals surface area contributed by atoms with Crippen LogP contribution in [0.5, 0.6) is 0 Å². The first-order valence-corrected chi connectivity index (χ1v) is 12.9. The van der Waals surface area contributed by atoms with E-state index in [1.54, 1.807) is 5.56 Å². The fourth-order valence-electron chi connectivity index (χ4n) is 4.08. The van der Waals surface area contributed by atoms with Gasteiger partial charge in [0.05, 0.1) is 0 Å². The normalized spacial score (nSPS) is 13.9. The van der Waals surface area contributed by atoms with Crippen LogP contribution in [0.2, 0.25) is 0 Å². The quantitative estimate of drug-likeness (QED) is 0.312. The molecule has 1 fully saturated rings. The van der Waals surface area contributed by atoms with Crippen LogP contribution in [-0.4, -0.2) is 0 Å². The summed E-state index contributed by atoms with van der Waals surface area (Å²) in [4.78, 5) is 0. The van der Waals surface area contributed by atoms with Gasteiger partial charge in [0.25, 0.3) is 0 Å². The Morgan fingerprint density at radius 2 is 0.964 bits per heavy atom. The van der Waals surface area contributed by atoms with Crippen molar-refractivity contribution in [3.8, 4) is 0 Å². The van der Waals surface area contributed by atoms with Gasteiger partial charge in [-0.1, -0.05) is 154 Å². The van der Waals surface area contributed by atoms with E-state index in [4.69, 9.17) is 0 Å². The Kier molecular flexibility index (Phi) is 21.9. The second kappa shape index (κ2) is 22.5. The van der Waals surface area contributed by atoms with Gasteiger partial charge in [-0.2, -0.15) is 0 Å². The molecule has 0 aliphatic heterocycles. The highest BCUT2D eigenvalue weighted by Crippen LogP contribution is 2.32. The van der Waals surface area contributed by atoms with E-state index in [1.807, 2.05) is 13.8 Å². The highest BCUT2D eigenvalue weighted by molar-refractivity contribution is 5.19. The molecule has 0 bridgehead atoms. The maximum Gasteiger partial charge on any atom is -0.0162 e. The molecule has 0 heteroatoms. The average Bonchev–Trinajstić information content (AvgIpc) is 2.78. The van der Waals surface area contributed by atoms with Crippen LogP contribution >= 0.6 is 0 Å². The first-order chi connectivity index (χ1) is 13.9. The first kappa shape index (κ1) is 27.2. The number of rotatable bonds is 12. The Bertz CT molecular complexity index is 362. The van der Waals surface area contributed by atoms with Gasteiger partial charge in [-0.3, -0.25) is 0 Å². The third-order valence-corrected chi connectivity index (χ3v) is 5.83. The van der Waals surface area contributed by atoms with Gasteiger partial charge in [0.15, 0.2) is 0 Å². The monoisotopic (exact) mass is 388 g/mol. The average molecular weight is 389 g/mol. The molecule has 0 radical (unpaired) electrons. The summed E-state index contributed by atoms with van der Waals surface area (Å²) in [5.74, 6) is 0.861. The molecule has 0 atom stereocenters. The van der Waals surface area contributed by atoms with E-state index in [9.17, 15) is 0 Å². The topological polar surface area (TPSA) is 0 Å². The lowest BCUT2D eigenvalue weighted by Crippen LogP contribution is -2.03. The number of hydrogen-bond acceptors (Lipinski definition) is 0. The summed E-state index contributed by atoms with van der Waals surface area (Å²) in [6, 6.07) is 11.0. The minimum Gasteiger partial charge on any atom is -0.0683 e. The zero-order valence-corrected chi connectivity index (χ0v) is 20.0. The van der Waals surface area contributed by atoms with Crippen LogP contribution in [0.15, 0.2) is 30.3 Å². The molecule has 1 aliphatic rings. The lowest BCUT2D eigenvalue weighted by atomic mass is 9.84. The Hall–Kier alpha value is -0.780. The van der Waals surface area contributed by atoms with Gasteiger partial charge in [-0.25, -0.2) is 0 Å². The lowest BCUT2D eigenvalue weighted by molar-refractivity contribution is 0.443. The van der Waals surface area contributed by atoms with Crippen LogP contribution in [0.4, 0.5) is 0 Å². The van der Waals surface area contributed by atoms with Crippen LogP contribution in [0.25, 0.3) is 0 Å². The molecule has 0 aromatic heterocycles. The summed E-state index contributed by atoms with van der Waals surface area (Å²) in [5, 5.41) is 0. The number of unbranched alkanes of at least 4 members (excludes halogenated alkanes) is 11. The highest BCUT2D eigenvalue weighted by atomic mass is 14.2. The zero-order valence-electron chi connectivity index (χ0n) is 20.0. The third-order valence-electron chi connectivity index (χ3n) is 5.83. The van der Waals surface area contributed by atoms with Gasteiger partial charge >= 0.3 is 0 Å². The van der Waals surface area contributed by atoms with Crippen molar-refractivity contribution in [2.45, 2.75) is 143 Å². The molecule has 0 saturated heterocycles. The van der Waals surface area contributed by atoms with Crippen molar-refractivity contribution in [2.24, 2.45) is 0 Å². The summed E-state index contributed by atoms with van der Waals surface area (Å²) in [6.07, 6.45) is 24.6. The Morgan fingerprint density at radius 1 is 0.571 bits per heavy atom. The second-order valence-corrected chi connectivity index (χ2v) is 8.28. The van der Waals surface area contributed by atoms with E-state index >= 15 is 0 Å². The molecule has 0 spiro atoms. The molecule has 1 saturated carbocycles. The number of benzene rings is 1. The predicted molar refractivity (Wildman–Crippen MR) is 130 cm³/mol. The van der Waals surface area contributed by atoms with E-state index in [2.05, 4.69) is 44.2 Å². The summed E-state index contributed by atoms with van der Waals surface area (Å²) in [7, 11) is 0. The molecule has 1 aliphatic carbocycles. The Balaban J connectivity index is 0.000000480. The molecule has 0 amide bonds. The molecule has 2 rings (SSSR count). The SMILES string of the molecule is CC.CCCCCCCCCCCCCC.c1ccc(C2CCCCC2)cc1. The smallest absolute Gasteiger partial charge is 0.0162 e. The maximum atomic E-state index is 2.29.